The highest BCUT2D eigenvalue weighted by Gasteiger charge is 2.40. The largest absolute Gasteiger partial charge is 0.472 e. The molecule has 0 amide bonds. The highest BCUT2D eigenvalue weighted by molar-refractivity contribution is 6.02. The predicted molar refractivity (Wildman–Crippen MR) is 89.1 cm³/mol. The standard InChI is InChI=1S/C19H22N2O/c1-4-9-19(10-5-1)12-16-6-2-3-7-17(16)21-18(19)20-13-15-8-11-22-14-15/h2-3,6-8,11,14H,1,4-5,9-10,12-13H2,(H,20,21). The van der Waals surface area contributed by atoms with Gasteiger partial charge in [-0.15, -0.1) is 0 Å². The van der Waals surface area contributed by atoms with Gasteiger partial charge in [0.15, 0.2) is 0 Å². The van der Waals surface area contributed by atoms with E-state index >= 15 is 0 Å². The Kier molecular flexibility index (Phi) is 3.49. The first-order chi connectivity index (χ1) is 10.9. The van der Waals surface area contributed by atoms with Gasteiger partial charge >= 0.3 is 0 Å². The molecule has 114 valence electrons. The van der Waals surface area contributed by atoms with Crippen molar-refractivity contribution in [2.45, 2.75) is 45.1 Å². The number of nitrogens with one attached hydrogen (secondary N) is 1. The summed E-state index contributed by atoms with van der Waals surface area (Å²) in [4.78, 5) is 4.95. The van der Waals surface area contributed by atoms with E-state index < -0.39 is 0 Å². The Morgan fingerprint density at radius 3 is 2.77 bits per heavy atom. The summed E-state index contributed by atoms with van der Waals surface area (Å²) in [5.74, 6) is 1.19. The second-order valence-corrected chi connectivity index (χ2v) is 6.60. The summed E-state index contributed by atoms with van der Waals surface area (Å²) in [5.41, 5.74) is 4.02. The molecule has 0 saturated heterocycles. The van der Waals surface area contributed by atoms with Crippen LogP contribution in [0.25, 0.3) is 0 Å². The lowest BCUT2D eigenvalue weighted by Crippen LogP contribution is -2.43. The fourth-order valence-corrected chi connectivity index (χ4v) is 3.91. The number of para-hydroxylation sites is 1. The van der Waals surface area contributed by atoms with Gasteiger partial charge in [-0.1, -0.05) is 37.5 Å². The van der Waals surface area contributed by atoms with Gasteiger partial charge in [0.05, 0.1) is 19.1 Å². The molecule has 3 nitrogen and oxygen atoms in total. The molecule has 1 spiro atoms. The van der Waals surface area contributed by atoms with Crippen LogP contribution >= 0.6 is 0 Å². The van der Waals surface area contributed by atoms with Crippen molar-refractivity contribution in [1.29, 1.82) is 0 Å². The molecule has 2 aliphatic rings. The van der Waals surface area contributed by atoms with Crippen molar-refractivity contribution in [2.24, 2.45) is 10.4 Å². The van der Waals surface area contributed by atoms with Crippen LogP contribution < -0.4 is 5.32 Å². The molecule has 0 radical (unpaired) electrons. The maximum Gasteiger partial charge on any atom is 0.108 e. The summed E-state index contributed by atoms with van der Waals surface area (Å²) in [7, 11) is 0. The van der Waals surface area contributed by atoms with Crippen LogP contribution in [0.1, 0.15) is 43.2 Å². The maximum atomic E-state index is 5.16. The SMILES string of the molecule is c1ccc2c(c1)CC1(CCCCC1)C(=NCc1ccoc1)N2. The number of amidine groups is 1. The van der Waals surface area contributed by atoms with Crippen LogP contribution in [-0.4, -0.2) is 5.84 Å². The second kappa shape index (κ2) is 5.64. The third-order valence-electron chi connectivity index (χ3n) is 5.11. The highest BCUT2D eigenvalue weighted by Crippen LogP contribution is 2.44. The second-order valence-electron chi connectivity index (χ2n) is 6.60. The maximum absolute atomic E-state index is 5.16. The number of benzene rings is 1. The Hall–Kier alpha value is -2.03. The molecule has 1 fully saturated rings. The number of anilines is 1. The number of nitrogens with zero attached hydrogens (tertiary/aromatic N) is 1. The van der Waals surface area contributed by atoms with Gasteiger partial charge in [-0.05, 0) is 37.0 Å². The van der Waals surface area contributed by atoms with Crippen LogP contribution in [0.3, 0.4) is 0 Å². The van der Waals surface area contributed by atoms with Gasteiger partial charge in [0, 0.05) is 16.7 Å². The quantitative estimate of drug-likeness (QED) is 0.864. The Bertz CT molecular complexity index is 667. The Morgan fingerprint density at radius 2 is 1.95 bits per heavy atom. The van der Waals surface area contributed by atoms with E-state index in [4.69, 9.17) is 9.41 Å². The van der Waals surface area contributed by atoms with Gasteiger partial charge in [0.1, 0.15) is 5.84 Å². The normalized spacial score (nSPS) is 21.5. The van der Waals surface area contributed by atoms with Crippen molar-refractivity contribution >= 4 is 11.5 Å². The summed E-state index contributed by atoms with van der Waals surface area (Å²) in [5, 5.41) is 3.64. The van der Waals surface area contributed by atoms with Crippen LogP contribution in [0.2, 0.25) is 0 Å². The molecule has 3 heteroatoms. The lowest BCUT2D eigenvalue weighted by molar-refractivity contribution is 0.278. The van der Waals surface area contributed by atoms with E-state index in [1.807, 2.05) is 6.07 Å². The fourth-order valence-electron chi connectivity index (χ4n) is 3.91. The van der Waals surface area contributed by atoms with E-state index in [0.29, 0.717) is 6.54 Å². The average molecular weight is 294 g/mol. The Labute approximate surface area is 131 Å². The molecule has 0 atom stereocenters. The number of hydrogen-bond donors (Lipinski definition) is 1. The first-order valence-electron chi connectivity index (χ1n) is 8.27. The van der Waals surface area contributed by atoms with Gasteiger partial charge in [-0.2, -0.15) is 0 Å². The molecule has 1 aromatic heterocycles. The molecule has 1 saturated carbocycles. The lowest BCUT2D eigenvalue weighted by Gasteiger charge is -2.42. The molecule has 2 aromatic rings. The third-order valence-corrected chi connectivity index (χ3v) is 5.11. The Balaban J connectivity index is 1.68. The molecule has 4 rings (SSSR count). The summed E-state index contributed by atoms with van der Waals surface area (Å²) >= 11 is 0. The predicted octanol–water partition coefficient (Wildman–Crippen LogP) is 4.80. The van der Waals surface area contributed by atoms with Gasteiger partial charge in [0.25, 0.3) is 0 Å². The van der Waals surface area contributed by atoms with Gasteiger partial charge < -0.3 is 9.73 Å². The van der Waals surface area contributed by atoms with Crippen molar-refractivity contribution in [3.05, 3.63) is 54.0 Å². The molecular formula is C19H22N2O. The number of hydrogen-bond acceptors (Lipinski definition) is 2. The molecule has 1 aliphatic carbocycles. The van der Waals surface area contributed by atoms with Gasteiger partial charge in [-0.3, -0.25) is 4.99 Å². The molecule has 1 aromatic carbocycles. The van der Waals surface area contributed by atoms with Gasteiger partial charge in [0.2, 0.25) is 0 Å². The van der Waals surface area contributed by atoms with Crippen LogP contribution in [0.5, 0.6) is 0 Å². The van der Waals surface area contributed by atoms with E-state index in [1.165, 1.54) is 49.2 Å². The number of rotatable bonds is 2. The molecule has 1 N–H and O–H groups in total. The topological polar surface area (TPSA) is 37.5 Å². The zero-order valence-corrected chi connectivity index (χ0v) is 12.8. The van der Waals surface area contributed by atoms with E-state index in [9.17, 15) is 0 Å². The lowest BCUT2D eigenvalue weighted by atomic mass is 9.67. The van der Waals surface area contributed by atoms with E-state index in [2.05, 4.69) is 29.6 Å². The van der Waals surface area contributed by atoms with E-state index in [-0.39, 0.29) is 5.41 Å². The summed E-state index contributed by atoms with van der Waals surface area (Å²) in [6.45, 7) is 0.697. The third kappa shape index (κ3) is 2.45. The zero-order chi connectivity index (χ0) is 14.8. The number of furan rings is 1. The minimum atomic E-state index is 0.219. The van der Waals surface area contributed by atoms with Crippen molar-refractivity contribution in [2.75, 3.05) is 5.32 Å². The van der Waals surface area contributed by atoms with Gasteiger partial charge in [-0.25, -0.2) is 0 Å². The molecule has 22 heavy (non-hydrogen) atoms. The molecule has 2 heterocycles. The molecule has 0 bridgehead atoms. The van der Waals surface area contributed by atoms with Crippen LogP contribution in [0.4, 0.5) is 5.69 Å². The summed E-state index contributed by atoms with van der Waals surface area (Å²) < 4.78 is 5.16. The molecular weight excluding hydrogens is 272 g/mol. The zero-order valence-electron chi connectivity index (χ0n) is 12.8. The molecule has 0 unspecified atom stereocenters. The monoisotopic (exact) mass is 294 g/mol. The van der Waals surface area contributed by atoms with Crippen molar-refractivity contribution < 1.29 is 4.42 Å². The van der Waals surface area contributed by atoms with Crippen molar-refractivity contribution in [3.8, 4) is 0 Å². The Morgan fingerprint density at radius 1 is 1.09 bits per heavy atom. The number of fused-ring (bicyclic) bond motifs is 1. The first kappa shape index (κ1) is 13.6. The first-order valence-corrected chi connectivity index (χ1v) is 8.27. The van der Waals surface area contributed by atoms with Crippen LogP contribution in [0, 0.1) is 5.41 Å². The van der Waals surface area contributed by atoms with E-state index in [0.717, 1.165) is 12.0 Å². The summed E-state index contributed by atoms with van der Waals surface area (Å²) in [6.07, 6.45) is 11.1. The minimum Gasteiger partial charge on any atom is -0.472 e. The highest BCUT2D eigenvalue weighted by atomic mass is 16.3. The fraction of sp³-hybridized carbons (Fsp3) is 0.421. The van der Waals surface area contributed by atoms with Crippen LogP contribution in [0.15, 0.2) is 52.3 Å². The average Bonchev–Trinajstić information content (AvgIpc) is 3.07. The number of aliphatic imine (C=N–C) groups is 1. The smallest absolute Gasteiger partial charge is 0.108 e. The van der Waals surface area contributed by atoms with E-state index in [1.54, 1.807) is 12.5 Å². The van der Waals surface area contributed by atoms with Crippen molar-refractivity contribution in [3.63, 3.8) is 0 Å². The van der Waals surface area contributed by atoms with Crippen molar-refractivity contribution in [1.82, 2.24) is 0 Å². The summed E-state index contributed by atoms with van der Waals surface area (Å²) in [6, 6.07) is 10.7. The van der Waals surface area contributed by atoms with Crippen LogP contribution in [-0.2, 0) is 13.0 Å². The minimum absolute atomic E-state index is 0.219. The molecule has 1 aliphatic heterocycles.